The normalized spacial score (nSPS) is 11.2. The van der Waals surface area contributed by atoms with E-state index >= 15 is 0 Å². The van der Waals surface area contributed by atoms with Crippen LogP contribution >= 0.6 is 0 Å². The first-order valence-electron chi connectivity index (χ1n) is 11.1. The smallest absolute Gasteiger partial charge is 0.251 e. The molecule has 0 spiro atoms. The first-order valence-corrected chi connectivity index (χ1v) is 11.1. The van der Waals surface area contributed by atoms with Gasteiger partial charge in [-0.3, -0.25) is 4.79 Å². The zero-order valence-electron chi connectivity index (χ0n) is 18.5. The highest BCUT2D eigenvalue weighted by molar-refractivity contribution is 5.94. The van der Waals surface area contributed by atoms with Gasteiger partial charge < -0.3 is 9.88 Å². The van der Waals surface area contributed by atoms with E-state index in [0.717, 1.165) is 36.2 Å². The molecule has 1 heterocycles. The van der Waals surface area contributed by atoms with Gasteiger partial charge in [-0.25, -0.2) is 9.37 Å². The second kappa shape index (κ2) is 9.77. The van der Waals surface area contributed by atoms with Crippen LogP contribution in [0.3, 0.4) is 0 Å². The Hall–Kier alpha value is -3.47. The first kappa shape index (κ1) is 21.8. The molecular formula is C27H28FN3O. The van der Waals surface area contributed by atoms with E-state index in [2.05, 4.69) is 54.1 Å². The van der Waals surface area contributed by atoms with Gasteiger partial charge in [-0.2, -0.15) is 0 Å². The fourth-order valence-electron chi connectivity index (χ4n) is 3.83. The number of aromatic nitrogens is 2. The van der Waals surface area contributed by atoms with Crippen molar-refractivity contribution in [3.8, 4) is 0 Å². The van der Waals surface area contributed by atoms with E-state index < -0.39 is 0 Å². The van der Waals surface area contributed by atoms with Crippen LogP contribution in [0, 0.1) is 5.82 Å². The molecule has 0 atom stereocenters. The van der Waals surface area contributed by atoms with Crippen molar-refractivity contribution in [1.29, 1.82) is 0 Å². The number of para-hydroxylation sites is 2. The van der Waals surface area contributed by atoms with Gasteiger partial charge in [0.1, 0.15) is 11.6 Å². The number of halogens is 1. The zero-order chi connectivity index (χ0) is 22.5. The molecule has 0 aliphatic rings. The summed E-state index contributed by atoms with van der Waals surface area (Å²) in [6.45, 7) is 5.69. The minimum atomic E-state index is -0.348. The Kier molecular flexibility index (Phi) is 6.64. The third kappa shape index (κ3) is 5.05. The van der Waals surface area contributed by atoms with E-state index in [4.69, 9.17) is 4.98 Å². The van der Waals surface area contributed by atoms with Gasteiger partial charge in [-0.1, -0.05) is 50.2 Å². The van der Waals surface area contributed by atoms with E-state index in [1.165, 1.54) is 35.4 Å². The van der Waals surface area contributed by atoms with E-state index in [1.54, 1.807) is 0 Å². The molecule has 1 aromatic heterocycles. The fourth-order valence-corrected chi connectivity index (χ4v) is 3.83. The largest absolute Gasteiger partial charge is 0.352 e. The summed E-state index contributed by atoms with van der Waals surface area (Å²) in [5.41, 5.74) is 5.13. The maximum absolute atomic E-state index is 13.0. The second-order valence-corrected chi connectivity index (χ2v) is 8.37. The summed E-state index contributed by atoms with van der Waals surface area (Å²) in [5.74, 6) is 0.983. The molecule has 0 radical (unpaired) electrons. The van der Waals surface area contributed by atoms with Crippen LogP contribution in [-0.2, 0) is 13.0 Å². The standard InChI is InChI=1S/C27H28FN3O/c1-19(2)21-11-9-20(10-12-21)18-31-25-7-4-3-6-24(25)30-26(31)8-5-17-29-27(32)22-13-15-23(28)16-14-22/h3-4,6-7,9-16,19H,5,8,17-18H2,1-2H3,(H,29,32). The van der Waals surface area contributed by atoms with Gasteiger partial charge in [0.05, 0.1) is 11.0 Å². The number of aryl methyl sites for hydroxylation is 1. The third-order valence-corrected chi connectivity index (χ3v) is 5.69. The molecule has 0 bridgehead atoms. The van der Waals surface area contributed by atoms with Crippen LogP contribution in [0.2, 0.25) is 0 Å². The molecule has 0 fully saturated rings. The van der Waals surface area contributed by atoms with E-state index in [-0.39, 0.29) is 11.7 Å². The van der Waals surface area contributed by atoms with Crippen LogP contribution in [0.1, 0.15) is 53.5 Å². The lowest BCUT2D eigenvalue weighted by atomic mass is 10.0. The monoisotopic (exact) mass is 429 g/mol. The van der Waals surface area contributed by atoms with Crippen LogP contribution < -0.4 is 5.32 Å². The number of carbonyl (C=O) groups excluding carboxylic acids is 1. The number of nitrogens with zero attached hydrogens (tertiary/aromatic N) is 2. The van der Waals surface area contributed by atoms with Crippen LogP contribution in [0.4, 0.5) is 4.39 Å². The lowest BCUT2D eigenvalue weighted by molar-refractivity contribution is 0.0953. The lowest BCUT2D eigenvalue weighted by Crippen LogP contribution is -2.25. The van der Waals surface area contributed by atoms with Gasteiger partial charge in [0.15, 0.2) is 0 Å². The number of benzene rings is 3. The molecule has 0 unspecified atom stereocenters. The average Bonchev–Trinajstić information content (AvgIpc) is 3.14. The Morgan fingerprint density at radius 3 is 2.44 bits per heavy atom. The van der Waals surface area contributed by atoms with Crippen molar-refractivity contribution in [2.75, 3.05) is 6.54 Å². The Morgan fingerprint density at radius 2 is 1.72 bits per heavy atom. The van der Waals surface area contributed by atoms with E-state index in [1.807, 2.05) is 18.2 Å². The molecule has 4 nitrogen and oxygen atoms in total. The van der Waals surface area contributed by atoms with Crippen molar-refractivity contribution < 1.29 is 9.18 Å². The molecule has 1 amide bonds. The molecule has 0 aliphatic carbocycles. The molecular weight excluding hydrogens is 401 g/mol. The van der Waals surface area contributed by atoms with E-state index in [9.17, 15) is 9.18 Å². The minimum absolute atomic E-state index is 0.191. The molecule has 0 aliphatic heterocycles. The summed E-state index contributed by atoms with van der Waals surface area (Å²) in [4.78, 5) is 17.1. The SMILES string of the molecule is CC(C)c1ccc(Cn2c(CCCNC(=O)c3ccc(F)cc3)nc3ccccc32)cc1. The molecule has 3 aromatic carbocycles. The van der Waals surface area contributed by atoms with Crippen LogP contribution in [-0.4, -0.2) is 22.0 Å². The van der Waals surface area contributed by atoms with E-state index in [0.29, 0.717) is 18.0 Å². The number of amides is 1. The molecule has 32 heavy (non-hydrogen) atoms. The van der Waals surface area contributed by atoms with Crippen LogP contribution in [0.25, 0.3) is 11.0 Å². The minimum Gasteiger partial charge on any atom is -0.352 e. The Balaban J connectivity index is 1.44. The molecule has 4 rings (SSSR count). The fraction of sp³-hybridized carbons (Fsp3) is 0.259. The van der Waals surface area contributed by atoms with Crippen molar-refractivity contribution in [2.45, 2.75) is 39.2 Å². The predicted molar refractivity (Wildman–Crippen MR) is 126 cm³/mol. The quantitative estimate of drug-likeness (QED) is 0.365. The van der Waals surface area contributed by atoms with Gasteiger partial charge in [-0.05, 0) is 59.9 Å². The summed E-state index contributed by atoms with van der Waals surface area (Å²) in [7, 11) is 0. The Morgan fingerprint density at radius 1 is 1.00 bits per heavy atom. The van der Waals surface area contributed by atoms with Gasteiger partial charge in [0.2, 0.25) is 0 Å². The second-order valence-electron chi connectivity index (χ2n) is 8.37. The van der Waals surface area contributed by atoms with Gasteiger partial charge in [-0.15, -0.1) is 0 Å². The van der Waals surface area contributed by atoms with Gasteiger partial charge in [0, 0.05) is 25.1 Å². The maximum atomic E-state index is 13.0. The van der Waals surface area contributed by atoms with Crippen molar-refractivity contribution in [1.82, 2.24) is 14.9 Å². The first-order chi connectivity index (χ1) is 15.5. The highest BCUT2D eigenvalue weighted by Crippen LogP contribution is 2.20. The van der Waals surface area contributed by atoms with Crippen molar-refractivity contribution in [3.63, 3.8) is 0 Å². The lowest BCUT2D eigenvalue weighted by Gasteiger charge is -2.12. The summed E-state index contributed by atoms with van der Waals surface area (Å²) in [5, 5.41) is 2.91. The van der Waals surface area contributed by atoms with Crippen molar-refractivity contribution >= 4 is 16.9 Å². The third-order valence-electron chi connectivity index (χ3n) is 5.69. The molecule has 4 aromatic rings. The topological polar surface area (TPSA) is 46.9 Å². The number of fused-ring (bicyclic) bond motifs is 1. The van der Waals surface area contributed by atoms with Crippen LogP contribution in [0.5, 0.6) is 0 Å². The Labute approximate surface area is 188 Å². The number of imidazole rings is 1. The highest BCUT2D eigenvalue weighted by atomic mass is 19.1. The Bertz CT molecular complexity index is 1190. The number of carbonyl (C=O) groups is 1. The van der Waals surface area contributed by atoms with Crippen molar-refractivity contribution in [3.05, 3.63) is 101 Å². The summed E-state index contributed by atoms with van der Waals surface area (Å²) < 4.78 is 15.3. The van der Waals surface area contributed by atoms with Gasteiger partial charge in [0.25, 0.3) is 5.91 Å². The molecule has 0 saturated heterocycles. The summed E-state index contributed by atoms with van der Waals surface area (Å²) >= 11 is 0. The summed E-state index contributed by atoms with van der Waals surface area (Å²) in [6, 6.07) is 22.5. The number of hydrogen-bond acceptors (Lipinski definition) is 2. The maximum Gasteiger partial charge on any atom is 0.251 e. The average molecular weight is 430 g/mol. The molecule has 5 heteroatoms. The predicted octanol–water partition coefficient (Wildman–Crippen LogP) is 5.71. The summed E-state index contributed by atoms with van der Waals surface area (Å²) in [6.07, 6.45) is 1.52. The number of rotatable bonds is 8. The number of nitrogens with one attached hydrogen (secondary N) is 1. The van der Waals surface area contributed by atoms with Crippen LogP contribution in [0.15, 0.2) is 72.8 Å². The highest BCUT2D eigenvalue weighted by Gasteiger charge is 2.12. The zero-order valence-corrected chi connectivity index (χ0v) is 18.5. The molecule has 0 saturated carbocycles. The molecule has 164 valence electrons. The van der Waals surface area contributed by atoms with Gasteiger partial charge >= 0.3 is 0 Å². The molecule has 1 N–H and O–H groups in total. The number of hydrogen-bond donors (Lipinski definition) is 1. The van der Waals surface area contributed by atoms with Crippen molar-refractivity contribution in [2.24, 2.45) is 0 Å².